The molecule has 2 heterocycles. The van der Waals surface area contributed by atoms with Crippen molar-refractivity contribution in [3.8, 4) is 5.75 Å². The molecule has 0 radical (unpaired) electrons. The molecule has 156 valence electrons. The Morgan fingerprint density at radius 2 is 1.84 bits per heavy atom. The van der Waals surface area contributed by atoms with Crippen LogP contribution in [0, 0.1) is 0 Å². The van der Waals surface area contributed by atoms with Gasteiger partial charge in [-0.05, 0) is 47.5 Å². The van der Waals surface area contributed by atoms with Gasteiger partial charge in [-0.2, -0.15) is 0 Å². The lowest BCUT2D eigenvalue weighted by Crippen LogP contribution is -2.29. The van der Waals surface area contributed by atoms with Gasteiger partial charge in [0.2, 0.25) is 0 Å². The fourth-order valence-corrected chi connectivity index (χ4v) is 3.88. The van der Waals surface area contributed by atoms with Gasteiger partial charge in [-0.15, -0.1) is 0 Å². The van der Waals surface area contributed by atoms with Crippen LogP contribution in [0.5, 0.6) is 5.75 Å². The topological polar surface area (TPSA) is 79.7 Å². The predicted molar refractivity (Wildman–Crippen MR) is 117 cm³/mol. The first-order valence-corrected chi connectivity index (χ1v) is 9.94. The highest BCUT2D eigenvalue weighted by Gasteiger charge is 2.46. The maximum atomic E-state index is 13.0. The molecule has 1 fully saturated rings. The monoisotopic (exact) mass is 434 g/mol. The van der Waals surface area contributed by atoms with Crippen molar-refractivity contribution >= 4 is 29.1 Å². The summed E-state index contributed by atoms with van der Waals surface area (Å²) in [6, 6.07) is 16.5. The summed E-state index contributed by atoms with van der Waals surface area (Å²) >= 11 is 6.06. The summed E-state index contributed by atoms with van der Waals surface area (Å²) < 4.78 is 5.27. The van der Waals surface area contributed by atoms with E-state index in [1.165, 1.54) is 4.90 Å². The van der Waals surface area contributed by atoms with Crippen molar-refractivity contribution in [2.45, 2.75) is 12.6 Å². The lowest BCUT2D eigenvalue weighted by Gasteiger charge is -2.25. The van der Waals surface area contributed by atoms with Crippen LogP contribution >= 0.6 is 11.6 Å². The number of ketones is 1. The zero-order valence-electron chi connectivity index (χ0n) is 16.7. The highest BCUT2D eigenvalue weighted by Crippen LogP contribution is 2.40. The Hall–Kier alpha value is -3.64. The van der Waals surface area contributed by atoms with E-state index >= 15 is 0 Å². The minimum atomic E-state index is -0.770. The van der Waals surface area contributed by atoms with Crippen LogP contribution in [0.15, 0.2) is 78.6 Å². The molecular formula is C24H19ClN2O4. The Bertz CT molecular complexity index is 1180. The average Bonchev–Trinajstić information content (AvgIpc) is 3.04. The van der Waals surface area contributed by atoms with E-state index in [2.05, 4.69) is 4.98 Å². The first-order valence-electron chi connectivity index (χ1n) is 9.57. The van der Waals surface area contributed by atoms with Crippen molar-refractivity contribution in [3.05, 3.63) is 100 Å². The van der Waals surface area contributed by atoms with Crippen LogP contribution in [0.2, 0.25) is 5.02 Å². The second-order valence-corrected chi connectivity index (χ2v) is 7.51. The van der Waals surface area contributed by atoms with Crippen LogP contribution in [0.1, 0.15) is 22.7 Å². The number of likely N-dealkylation sites (tertiary alicyclic amines) is 1. The van der Waals surface area contributed by atoms with E-state index in [9.17, 15) is 14.7 Å². The third-order valence-corrected chi connectivity index (χ3v) is 5.38. The first-order chi connectivity index (χ1) is 15.0. The zero-order valence-corrected chi connectivity index (χ0v) is 17.4. The second-order valence-electron chi connectivity index (χ2n) is 7.07. The number of carbonyl (C=O) groups excluding carboxylic acids is 2. The molecule has 1 aliphatic heterocycles. The number of nitrogens with zero attached hydrogens (tertiary/aromatic N) is 2. The van der Waals surface area contributed by atoms with Crippen molar-refractivity contribution in [3.63, 3.8) is 0 Å². The molecule has 0 bridgehead atoms. The third kappa shape index (κ3) is 4.02. The molecule has 1 unspecified atom stereocenters. The van der Waals surface area contributed by atoms with Gasteiger partial charge in [-0.3, -0.25) is 14.6 Å². The summed E-state index contributed by atoms with van der Waals surface area (Å²) in [5, 5.41) is 11.4. The second kappa shape index (κ2) is 8.62. The summed E-state index contributed by atoms with van der Waals surface area (Å²) in [6.45, 7) is 0.168. The number of carbonyl (C=O) groups is 2. The van der Waals surface area contributed by atoms with Gasteiger partial charge < -0.3 is 14.7 Å². The van der Waals surface area contributed by atoms with Gasteiger partial charge in [0.1, 0.15) is 11.5 Å². The van der Waals surface area contributed by atoms with Crippen LogP contribution in [0.4, 0.5) is 0 Å². The van der Waals surface area contributed by atoms with Crippen molar-refractivity contribution in [1.82, 2.24) is 9.88 Å². The molecule has 6 nitrogen and oxygen atoms in total. The molecule has 31 heavy (non-hydrogen) atoms. The summed E-state index contributed by atoms with van der Waals surface area (Å²) in [6.07, 6.45) is 3.17. The Morgan fingerprint density at radius 3 is 2.55 bits per heavy atom. The lowest BCUT2D eigenvalue weighted by atomic mass is 9.96. The number of rotatable bonds is 5. The van der Waals surface area contributed by atoms with Crippen molar-refractivity contribution in [2.24, 2.45) is 0 Å². The molecule has 0 saturated carbocycles. The number of pyridine rings is 1. The minimum absolute atomic E-state index is 0.0152. The molecule has 1 N–H and O–H groups in total. The molecule has 2 aromatic carbocycles. The lowest BCUT2D eigenvalue weighted by molar-refractivity contribution is -0.140. The Morgan fingerprint density at radius 1 is 1.10 bits per heavy atom. The highest BCUT2D eigenvalue weighted by molar-refractivity contribution is 6.46. The first kappa shape index (κ1) is 20.6. The van der Waals surface area contributed by atoms with E-state index < -0.39 is 17.7 Å². The number of aliphatic hydroxyl groups is 1. The summed E-state index contributed by atoms with van der Waals surface area (Å²) in [7, 11) is 1.56. The number of halogens is 1. The Labute approximate surface area is 184 Å². The van der Waals surface area contributed by atoms with E-state index in [1.54, 1.807) is 68.0 Å². The molecule has 4 rings (SSSR count). The largest absolute Gasteiger partial charge is 0.507 e. The molecule has 1 amide bonds. The van der Waals surface area contributed by atoms with E-state index in [0.29, 0.717) is 21.9 Å². The number of methoxy groups -OCH3 is 1. The van der Waals surface area contributed by atoms with Gasteiger partial charge in [0.05, 0.1) is 18.7 Å². The van der Waals surface area contributed by atoms with Gasteiger partial charge >= 0.3 is 0 Å². The molecule has 3 aromatic rings. The number of hydrogen-bond acceptors (Lipinski definition) is 5. The molecular weight excluding hydrogens is 416 g/mol. The van der Waals surface area contributed by atoms with Gasteiger partial charge in [0, 0.05) is 29.5 Å². The number of hydrogen-bond donors (Lipinski definition) is 1. The van der Waals surface area contributed by atoms with E-state index in [-0.39, 0.29) is 17.9 Å². The van der Waals surface area contributed by atoms with Crippen LogP contribution in [0.25, 0.3) is 5.76 Å². The highest BCUT2D eigenvalue weighted by atomic mass is 35.5. The number of aliphatic hydroxyl groups excluding tert-OH is 1. The maximum absolute atomic E-state index is 13.0. The van der Waals surface area contributed by atoms with E-state index in [1.807, 2.05) is 12.1 Å². The van der Waals surface area contributed by atoms with Gasteiger partial charge in [-0.1, -0.05) is 35.9 Å². The normalized spacial score (nSPS) is 17.7. The standard InChI is InChI=1S/C24H19ClN2O4/c1-31-19-7-2-4-15(12-19)14-27-21(16-8-10-26-11-9-16)20(23(29)24(27)30)22(28)17-5-3-6-18(25)13-17/h2-13,21,28H,14H2,1H3/b22-20-. The quantitative estimate of drug-likeness (QED) is 0.366. The van der Waals surface area contributed by atoms with E-state index in [4.69, 9.17) is 16.3 Å². The zero-order chi connectivity index (χ0) is 22.0. The van der Waals surface area contributed by atoms with Crippen LogP contribution < -0.4 is 4.74 Å². The molecule has 1 atom stereocenters. The number of amides is 1. The fourth-order valence-electron chi connectivity index (χ4n) is 3.69. The summed E-state index contributed by atoms with van der Waals surface area (Å²) in [5.74, 6) is -1.06. The van der Waals surface area contributed by atoms with Gasteiger partial charge in [0.15, 0.2) is 0 Å². The molecule has 7 heteroatoms. The SMILES string of the molecule is COc1cccc(CN2C(=O)C(=O)/C(=C(\O)c3cccc(Cl)c3)C2c2ccncc2)c1. The summed E-state index contributed by atoms with van der Waals surface area (Å²) in [5.41, 5.74) is 1.84. The summed E-state index contributed by atoms with van der Waals surface area (Å²) in [4.78, 5) is 31.5. The number of benzene rings is 2. The fraction of sp³-hybridized carbons (Fsp3) is 0.125. The molecule has 0 aliphatic carbocycles. The van der Waals surface area contributed by atoms with E-state index in [0.717, 1.165) is 5.56 Å². The van der Waals surface area contributed by atoms with Crippen molar-refractivity contribution in [2.75, 3.05) is 7.11 Å². The average molecular weight is 435 g/mol. The third-order valence-electron chi connectivity index (χ3n) is 5.15. The van der Waals surface area contributed by atoms with Gasteiger partial charge in [-0.25, -0.2) is 0 Å². The molecule has 1 saturated heterocycles. The minimum Gasteiger partial charge on any atom is -0.507 e. The smallest absolute Gasteiger partial charge is 0.295 e. The molecule has 0 spiro atoms. The maximum Gasteiger partial charge on any atom is 0.295 e. The predicted octanol–water partition coefficient (Wildman–Crippen LogP) is 4.37. The number of Topliss-reactive ketones (excluding diaryl/α,β-unsaturated/α-hetero) is 1. The molecule has 1 aromatic heterocycles. The van der Waals surface area contributed by atoms with Crippen molar-refractivity contribution in [1.29, 1.82) is 0 Å². The molecule has 1 aliphatic rings. The van der Waals surface area contributed by atoms with Crippen LogP contribution in [-0.4, -0.2) is 33.8 Å². The van der Waals surface area contributed by atoms with Crippen LogP contribution in [0.3, 0.4) is 0 Å². The Balaban J connectivity index is 1.84. The number of ether oxygens (including phenoxy) is 1. The Kier molecular flexibility index (Phi) is 5.73. The van der Waals surface area contributed by atoms with Gasteiger partial charge in [0.25, 0.3) is 11.7 Å². The van der Waals surface area contributed by atoms with Crippen LogP contribution in [-0.2, 0) is 16.1 Å². The van der Waals surface area contributed by atoms with Crippen molar-refractivity contribution < 1.29 is 19.4 Å². The number of aromatic nitrogens is 1.